The van der Waals surface area contributed by atoms with Crippen molar-refractivity contribution in [3.8, 4) is 22.6 Å². The molecule has 0 bridgehead atoms. The second-order valence-electron chi connectivity index (χ2n) is 6.46. The summed E-state index contributed by atoms with van der Waals surface area (Å²) < 4.78 is 16.7. The van der Waals surface area contributed by atoms with E-state index in [9.17, 15) is 9.59 Å². The summed E-state index contributed by atoms with van der Waals surface area (Å²) in [5.41, 5.74) is 2.23. The number of hydrogen-bond acceptors (Lipinski definition) is 6. The van der Waals surface area contributed by atoms with Crippen LogP contribution in [0.15, 0.2) is 46.9 Å². The smallest absolute Gasteiger partial charge is 0.341 e. The normalized spacial score (nSPS) is 10.5. The van der Waals surface area contributed by atoms with Crippen LogP contribution < -0.4 is 14.8 Å². The van der Waals surface area contributed by atoms with Crippen LogP contribution >= 0.6 is 27.3 Å². The molecule has 162 valence electrons. The van der Waals surface area contributed by atoms with Crippen molar-refractivity contribution in [2.45, 2.75) is 13.8 Å². The van der Waals surface area contributed by atoms with Gasteiger partial charge >= 0.3 is 5.97 Å². The topological polar surface area (TPSA) is 73.9 Å². The van der Waals surface area contributed by atoms with Crippen molar-refractivity contribution < 1.29 is 23.8 Å². The Morgan fingerprint density at radius 3 is 2.42 bits per heavy atom. The van der Waals surface area contributed by atoms with Crippen molar-refractivity contribution >= 4 is 44.1 Å². The maximum Gasteiger partial charge on any atom is 0.341 e. The summed E-state index contributed by atoms with van der Waals surface area (Å²) in [6, 6.07) is 12.5. The molecule has 1 aromatic heterocycles. The lowest BCUT2D eigenvalue weighted by Crippen LogP contribution is -2.15. The predicted octanol–water partition coefficient (Wildman–Crippen LogP) is 5.93. The van der Waals surface area contributed by atoms with Gasteiger partial charge < -0.3 is 19.5 Å². The van der Waals surface area contributed by atoms with Crippen LogP contribution in [0.25, 0.3) is 11.1 Å². The zero-order valence-corrected chi connectivity index (χ0v) is 20.0. The summed E-state index contributed by atoms with van der Waals surface area (Å²) >= 11 is 4.72. The summed E-state index contributed by atoms with van der Waals surface area (Å²) in [5, 5.41) is 3.31. The van der Waals surface area contributed by atoms with E-state index >= 15 is 0 Å². The van der Waals surface area contributed by atoms with E-state index in [1.807, 2.05) is 19.1 Å². The Morgan fingerprint density at radius 2 is 1.77 bits per heavy atom. The fourth-order valence-corrected chi connectivity index (χ4v) is 4.71. The number of esters is 1. The van der Waals surface area contributed by atoms with E-state index in [4.69, 9.17) is 14.2 Å². The minimum Gasteiger partial charge on any atom is -0.493 e. The average Bonchev–Trinajstić information content (AvgIpc) is 3.09. The van der Waals surface area contributed by atoms with Gasteiger partial charge in [0.1, 0.15) is 10.6 Å². The molecule has 1 amide bonds. The fraction of sp³-hybridized carbons (Fsp3) is 0.217. The number of nitrogens with one attached hydrogen (secondary N) is 1. The lowest BCUT2D eigenvalue weighted by molar-refractivity contribution is 0.0529. The third-order valence-electron chi connectivity index (χ3n) is 4.58. The van der Waals surface area contributed by atoms with E-state index < -0.39 is 5.97 Å². The Hall–Kier alpha value is -2.84. The lowest BCUT2D eigenvalue weighted by atomic mass is 10.0. The first-order valence-corrected chi connectivity index (χ1v) is 11.1. The monoisotopic (exact) mass is 503 g/mol. The molecule has 0 spiro atoms. The van der Waals surface area contributed by atoms with Gasteiger partial charge in [-0.1, -0.05) is 18.2 Å². The van der Waals surface area contributed by atoms with E-state index in [1.54, 1.807) is 51.5 Å². The highest BCUT2D eigenvalue weighted by Gasteiger charge is 2.26. The molecule has 1 heterocycles. The second kappa shape index (κ2) is 9.98. The first-order valence-electron chi connectivity index (χ1n) is 9.50. The minimum absolute atomic E-state index is 0.219. The molecule has 0 saturated heterocycles. The van der Waals surface area contributed by atoms with E-state index in [0.29, 0.717) is 37.7 Å². The molecule has 0 aliphatic heterocycles. The summed E-state index contributed by atoms with van der Waals surface area (Å²) in [4.78, 5) is 26.6. The standard InChI is InChI=1S/C23H22BrNO5S/c1-5-30-23(27)20-19(14-10-11-17(28-3)18(12-14)29-4)13(2)31-22(20)25-21(26)15-8-6-7-9-16(15)24/h6-12H,5H2,1-4H3,(H,25,26). The largest absolute Gasteiger partial charge is 0.493 e. The molecule has 3 rings (SSSR count). The zero-order chi connectivity index (χ0) is 22.5. The van der Waals surface area contributed by atoms with Gasteiger partial charge in [0.2, 0.25) is 0 Å². The van der Waals surface area contributed by atoms with Gasteiger partial charge in [-0.15, -0.1) is 11.3 Å². The van der Waals surface area contributed by atoms with Gasteiger partial charge in [0, 0.05) is 14.9 Å². The molecule has 1 N–H and O–H groups in total. The Kier molecular flexibility index (Phi) is 7.35. The van der Waals surface area contributed by atoms with E-state index in [1.165, 1.54) is 11.3 Å². The van der Waals surface area contributed by atoms with Crippen LogP contribution in [0.5, 0.6) is 11.5 Å². The highest BCUT2D eigenvalue weighted by molar-refractivity contribution is 9.10. The Morgan fingerprint density at radius 1 is 1.06 bits per heavy atom. The van der Waals surface area contributed by atoms with Crippen LogP contribution in [-0.2, 0) is 4.74 Å². The molecule has 2 aromatic carbocycles. The van der Waals surface area contributed by atoms with Gasteiger partial charge in [-0.05, 0) is 59.6 Å². The highest BCUT2D eigenvalue weighted by Crippen LogP contribution is 2.43. The summed E-state index contributed by atoms with van der Waals surface area (Å²) in [5.74, 6) is 0.302. The third kappa shape index (κ3) is 4.75. The Balaban J connectivity index is 2.11. The van der Waals surface area contributed by atoms with Crippen LogP contribution in [0.4, 0.5) is 5.00 Å². The molecule has 0 radical (unpaired) electrons. The number of halogens is 1. The average molecular weight is 504 g/mol. The number of hydrogen-bond donors (Lipinski definition) is 1. The number of benzene rings is 2. The van der Waals surface area contributed by atoms with Crippen LogP contribution in [-0.4, -0.2) is 32.7 Å². The molecule has 0 saturated carbocycles. The van der Waals surface area contributed by atoms with Gasteiger partial charge in [-0.2, -0.15) is 0 Å². The Bertz CT molecular complexity index is 1130. The molecule has 0 aliphatic rings. The van der Waals surface area contributed by atoms with E-state index in [0.717, 1.165) is 10.4 Å². The van der Waals surface area contributed by atoms with Crippen molar-refractivity contribution in [2.24, 2.45) is 0 Å². The SMILES string of the molecule is CCOC(=O)c1c(NC(=O)c2ccccc2Br)sc(C)c1-c1ccc(OC)c(OC)c1. The van der Waals surface area contributed by atoms with Crippen molar-refractivity contribution in [2.75, 3.05) is 26.1 Å². The number of methoxy groups -OCH3 is 2. The maximum absolute atomic E-state index is 12.9. The number of aryl methyl sites for hydroxylation is 1. The van der Waals surface area contributed by atoms with E-state index in [2.05, 4.69) is 21.2 Å². The zero-order valence-electron chi connectivity index (χ0n) is 17.6. The van der Waals surface area contributed by atoms with Crippen LogP contribution in [0.2, 0.25) is 0 Å². The summed E-state index contributed by atoms with van der Waals surface area (Å²) in [6.45, 7) is 3.86. The molecular weight excluding hydrogens is 482 g/mol. The van der Waals surface area contributed by atoms with Crippen LogP contribution in [0.3, 0.4) is 0 Å². The number of anilines is 1. The molecular formula is C23H22BrNO5S. The molecule has 3 aromatic rings. The van der Waals surface area contributed by atoms with Gasteiger partial charge in [-0.25, -0.2) is 4.79 Å². The predicted molar refractivity (Wildman–Crippen MR) is 126 cm³/mol. The fourth-order valence-electron chi connectivity index (χ4n) is 3.19. The van der Waals surface area contributed by atoms with Gasteiger partial charge in [0.25, 0.3) is 5.91 Å². The summed E-state index contributed by atoms with van der Waals surface area (Å²) in [6.07, 6.45) is 0. The number of carbonyl (C=O) groups excluding carboxylic acids is 2. The minimum atomic E-state index is -0.501. The molecule has 0 fully saturated rings. The van der Waals surface area contributed by atoms with Gasteiger partial charge in [0.05, 0.1) is 26.4 Å². The lowest BCUT2D eigenvalue weighted by Gasteiger charge is -2.12. The van der Waals surface area contributed by atoms with Crippen LogP contribution in [0, 0.1) is 6.92 Å². The van der Waals surface area contributed by atoms with Crippen molar-refractivity contribution in [3.05, 3.63) is 62.9 Å². The van der Waals surface area contributed by atoms with E-state index in [-0.39, 0.29) is 12.5 Å². The molecule has 0 unspecified atom stereocenters. The van der Waals surface area contributed by atoms with Crippen molar-refractivity contribution in [1.82, 2.24) is 0 Å². The van der Waals surface area contributed by atoms with Gasteiger partial charge in [-0.3, -0.25) is 4.79 Å². The number of ether oxygens (including phenoxy) is 3. The second-order valence-corrected chi connectivity index (χ2v) is 8.54. The highest BCUT2D eigenvalue weighted by atomic mass is 79.9. The number of rotatable bonds is 7. The number of amides is 1. The molecule has 6 nitrogen and oxygen atoms in total. The Labute approximate surface area is 193 Å². The first-order chi connectivity index (χ1) is 14.9. The van der Waals surface area contributed by atoms with Crippen LogP contribution in [0.1, 0.15) is 32.5 Å². The first kappa shape index (κ1) is 22.8. The number of carbonyl (C=O) groups is 2. The molecule has 0 aliphatic carbocycles. The maximum atomic E-state index is 12.9. The van der Waals surface area contributed by atoms with Crippen molar-refractivity contribution in [1.29, 1.82) is 0 Å². The number of thiophene rings is 1. The molecule has 31 heavy (non-hydrogen) atoms. The van der Waals surface area contributed by atoms with Gasteiger partial charge in [0.15, 0.2) is 11.5 Å². The summed E-state index contributed by atoms with van der Waals surface area (Å²) in [7, 11) is 3.12. The molecule has 0 atom stereocenters. The molecule has 8 heteroatoms. The van der Waals surface area contributed by atoms with Crippen molar-refractivity contribution in [3.63, 3.8) is 0 Å². The quantitative estimate of drug-likeness (QED) is 0.404. The third-order valence-corrected chi connectivity index (χ3v) is 6.29.